The molecule has 0 aromatic heterocycles. The van der Waals surface area contributed by atoms with Gasteiger partial charge in [0.25, 0.3) is 0 Å². The lowest BCUT2D eigenvalue weighted by Gasteiger charge is -2.51. The molecular weight excluding hydrogens is 226 g/mol. The molecule has 0 radical (unpaired) electrons. The van der Waals surface area contributed by atoms with Gasteiger partial charge in [-0.15, -0.1) is 0 Å². The minimum absolute atomic E-state index is 0.170. The zero-order valence-electron chi connectivity index (χ0n) is 12.2. The van der Waals surface area contributed by atoms with E-state index in [1.807, 2.05) is 20.8 Å². The van der Waals surface area contributed by atoms with Crippen LogP contribution in [0.4, 0.5) is 0 Å². The lowest BCUT2D eigenvalue weighted by Crippen LogP contribution is -2.65. The molecule has 2 aliphatic carbocycles. The molecule has 104 valence electrons. The largest absolute Gasteiger partial charge is 0.459 e. The van der Waals surface area contributed by atoms with Gasteiger partial charge in [0.1, 0.15) is 11.1 Å². The molecular formula is C15H27NO2. The van der Waals surface area contributed by atoms with Crippen molar-refractivity contribution in [2.45, 2.75) is 70.9 Å². The first-order valence-corrected chi connectivity index (χ1v) is 7.26. The Labute approximate surface area is 110 Å². The number of ether oxygens (including phenoxy) is 1. The van der Waals surface area contributed by atoms with Gasteiger partial charge in [-0.05, 0) is 64.2 Å². The summed E-state index contributed by atoms with van der Waals surface area (Å²) in [6, 6.07) is 0. The van der Waals surface area contributed by atoms with Crippen molar-refractivity contribution in [1.29, 1.82) is 0 Å². The summed E-state index contributed by atoms with van der Waals surface area (Å²) in [5.41, 5.74) is 5.38. The average Bonchev–Trinajstić information content (AvgIpc) is 2.17. The van der Waals surface area contributed by atoms with Crippen LogP contribution in [0.15, 0.2) is 0 Å². The second-order valence-electron chi connectivity index (χ2n) is 7.34. The minimum Gasteiger partial charge on any atom is -0.459 e. The molecule has 2 N–H and O–H groups in total. The summed E-state index contributed by atoms with van der Waals surface area (Å²) in [5.74, 6) is 1.15. The summed E-state index contributed by atoms with van der Waals surface area (Å²) in [5, 5.41) is 0. The molecule has 2 fully saturated rings. The van der Waals surface area contributed by atoms with Crippen LogP contribution in [0.25, 0.3) is 0 Å². The number of carbonyl (C=O) groups is 1. The molecule has 0 saturated heterocycles. The molecule has 0 aromatic carbocycles. The van der Waals surface area contributed by atoms with Crippen LogP contribution in [0.2, 0.25) is 0 Å². The third-order valence-electron chi connectivity index (χ3n) is 4.58. The molecule has 0 aliphatic heterocycles. The number of nitrogens with two attached hydrogens (primary N) is 1. The Morgan fingerprint density at radius 2 is 1.72 bits per heavy atom. The minimum atomic E-state index is -0.724. The highest BCUT2D eigenvalue weighted by Gasteiger charge is 2.55. The number of esters is 1. The molecule has 3 heteroatoms. The van der Waals surface area contributed by atoms with Crippen LogP contribution in [0.1, 0.15) is 59.8 Å². The maximum absolute atomic E-state index is 12.5. The molecule has 0 spiro atoms. The summed E-state index contributed by atoms with van der Waals surface area (Å²) < 4.78 is 5.59. The molecule has 3 nitrogen and oxygen atoms in total. The summed E-state index contributed by atoms with van der Waals surface area (Å²) in [7, 11) is 0. The van der Waals surface area contributed by atoms with Gasteiger partial charge in [-0.25, -0.2) is 0 Å². The van der Waals surface area contributed by atoms with Crippen molar-refractivity contribution in [3.05, 3.63) is 0 Å². The molecule has 2 aliphatic rings. The number of carbonyl (C=O) groups excluding carboxylic acids is 1. The predicted molar refractivity (Wildman–Crippen MR) is 72.0 cm³/mol. The van der Waals surface area contributed by atoms with E-state index in [2.05, 4.69) is 6.92 Å². The van der Waals surface area contributed by atoms with Crippen molar-refractivity contribution >= 4 is 5.97 Å². The number of hydrogen-bond donors (Lipinski definition) is 1. The Hall–Kier alpha value is -0.570. The zero-order valence-corrected chi connectivity index (χ0v) is 12.2. The van der Waals surface area contributed by atoms with E-state index in [9.17, 15) is 4.79 Å². The fraction of sp³-hybridized carbons (Fsp3) is 0.933. The van der Waals surface area contributed by atoms with E-state index in [4.69, 9.17) is 10.5 Å². The van der Waals surface area contributed by atoms with Crippen LogP contribution in [0, 0.1) is 17.8 Å². The lowest BCUT2D eigenvalue weighted by atomic mass is 9.57. The third kappa shape index (κ3) is 2.42. The molecule has 0 aromatic rings. The van der Waals surface area contributed by atoms with E-state index in [1.165, 1.54) is 6.42 Å². The zero-order chi connectivity index (χ0) is 13.6. The van der Waals surface area contributed by atoms with E-state index in [-0.39, 0.29) is 5.97 Å². The summed E-state index contributed by atoms with van der Waals surface area (Å²) in [4.78, 5) is 12.5. The van der Waals surface area contributed by atoms with Gasteiger partial charge in [0.05, 0.1) is 0 Å². The number of hydrogen-bond acceptors (Lipinski definition) is 3. The van der Waals surface area contributed by atoms with Crippen LogP contribution in [-0.4, -0.2) is 17.1 Å². The van der Waals surface area contributed by atoms with Crippen molar-refractivity contribution in [1.82, 2.24) is 0 Å². The highest BCUT2D eigenvalue weighted by atomic mass is 16.6. The topological polar surface area (TPSA) is 52.3 Å². The average molecular weight is 253 g/mol. The highest BCUT2D eigenvalue weighted by molar-refractivity contribution is 5.82. The van der Waals surface area contributed by atoms with E-state index in [0.717, 1.165) is 25.7 Å². The molecule has 2 unspecified atom stereocenters. The third-order valence-corrected chi connectivity index (χ3v) is 4.58. The van der Waals surface area contributed by atoms with E-state index in [1.54, 1.807) is 0 Å². The Kier molecular flexibility index (Phi) is 3.48. The normalized spacial score (nSPS) is 40.4. The van der Waals surface area contributed by atoms with Crippen LogP contribution in [-0.2, 0) is 9.53 Å². The summed E-state index contributed by atoms with van der Waals surface area (Å²) >= 11 is 0. The molecule has 2 bridgehead atoms. The van der Waals surface area contributed by atoms with Crippen LogP contribution in [0.5, 0.6) is 0 Å². The molecule has 2 atom stereocenters. The van der Waals surface area contributed by atoms with Gasteiger partial charge in [-0.2, -0.15) is 0 Å². The Bertz CT molecular complexity index is 318. The predicted octanol–water partition coefficient (Wildman–Crippen LogP) is 2.87. The number of fused-ring (bicyclic) bond motifs is 2. The van der Waals surface area contributed by atoms with E-state index in [0.29, 0.717) is 17.8 Å². The summed E-state index contributed by atoms with van der Waals surface area (Å²) in [6.45, 7) is 8.01. The SMILES string of the molecule is CC1CC2CCCC(C1)C2(N)C(=O)OC(C)(C)C. The van der Waals surface area contributed by atoms with Crippen molar-refractivity contribution < 1.29 is 9.53 Å². The fourth-order valence-electron chi connectivity index (χ4n) is 3.81. The quantitative estimate of drug-likeness (QED) is 0.731. The maximum Gasteiger partial charge on any atom is 0.327 e. The van der Waals surface area contributed by atoms with Crippen LogP contribution in [0.3, 0.4) is 0 Å². The smallest absolute Gasteiger partial charge is 0.327 e. The maximum atomic E-state index is 12.5. The Morgan fingerprint density at radius 1 is 1.22 bits per heavy atom. The standard InChI is InChI=1S/C15H27NO2/c1-10-8-11-6-5-7-12(9-10)15(11,16)13(17)18-14(2,3)4/h10-12H,5-9,16H2,1-4H3. The highest BCUT2D eigenvalue weighted by Crippen LogP contribution is 2.48. The molecule has 18 heavy (non-hydrogen) atoms. The van der Waals surface area contributed by atoms with Gasteiger partial charge in [-0.3, -0.25) is 4.79 Å². The van der Waals surface area contributed by atoms with Gasteiger partial charge in [0.2, 0.25) is 0 Å². The van der Waals surface area contributed by atoms with Crippen molar-refractivity contribution in [2.75, 3.05) is 0 Å². The van der Waals surface area contributed by atoms with Gasteiger partial charge in [0.15, 0.2) is 0 Å². The lowest BCUT2D eigenvalue weighted by molar-refractivity contribution is -0.172. The summed E-state index contributed by atoms with van der Waals surface area (Å²) in [6.07, 6.45) is 5.52. The first kappa shape index (κ1) is 13.9. The first-order valence-electron chi connectivity index (χ1n) is 7.26. The Balaban J connectivity index is 2.21. The van der Waals surface area contributed by atoms with Crippen molar-refractivity contribution in [3.8, 4) is 0 Å². The first-order chi connectivity index (χ1) is 8.23. The van der Waals surface area contributed by atoms with Gasteiger partial charge < -0.3 is 10.5 Å². The number of rotatable bonds is 1. The molecule has 2 saturated carbocycles. The van der Waals surface area contributed by atoms with Gasteiger partial charge in [0, 0.05) is 0 Å². The van der Waals surface area contributed by atoms with Gasteiger partial charge in [-0.1, -0.05) is 13.3 Å². The van der Waals surface area contributed by atoms with Crippen molar-refractivity contribution in [2.24, 2.45) is 23.5 Å². The van der Waals surface area contributed by atoms with Crippen molar-refractivity contribution in [3.63, 3.8) is 0 Å². The molecule has 0 heterocycles. The Morgan fingerprint density at radius 3 is 2.17 bits per heavy atom. The van der Waals surface area contributed by atoms with E-state index >= 15 is 0 Å². The molecule has 2 rings (SSSR count). The second kappa shape index (κ2) is 4.52. The van der Waals surface area contributed by atoms with Crippen LogP contribution < -0.4 is 5.73 Å². The fourth-order valence-corrected chi connectivity index (χ4v) is 3.81. The molecule has 0 amide bonds. The van der Waals surface area contributed by atoms with E-state index < -0.39 is 11.1 Å². The van der Waals surface area contributed by atoms with Gasteiger partial charge >= 0.3 is 5.97 Å². The second-order valence-corrected chi connectivity index (χ2v) is 7.34. The monoisotopic (exact) mass is 253 g/mol. The van der Waals surface area contributed by atoms with Crippen LogP contribution >= 0.6 is 0 Å².